The maximum Gasteiger partial charge on any atom is 0.513 e. The van der Waals surface area contributed by atoms with Gasteiger partial charge >= 0.3 is 12.8 Å². The number of rotatable bonds is 5. The van der Waals surface area contributed by atoms with Crippen LogP contribution < -0.4 is 10.1 Å². The van der Waals surface area contributed by atoms with E-state index < -0.39 is 23.6 Å². The number of benzene rings is 1. The van der Waals surface area contributed by atoms with Crippen molar-refractivity contribution in [3.05, 3.63) is 62.8 Å². The van der Waals surface area contributed by atoms with Crippen molar-refractivity contribution >= 4 is 6.16 Å². The summed E-state index contributed by atoms with van der Waals surface area (Å²) in [5.41, 5.74) is 0.176. The number of halogens is 2. The van der Waals surface area contributed by atoms with Crippen molar-refractivity contribution in [2.45, 2.75) is 26.4 Å². The first kappa shape index (κ1) is 19.2. The third-order valence-corrected chi connectivity index (χ3v) is 3.67. The minimum Gasteiger partial charge on any atom is -0.437 e. The Morgan fingerprint density at radius 2 is 1.92 bits per heavy atom. The highest BCUT2D eigenvalue weighted by molar-refractivity contribution is 5.63. The average Bonchev–Trinajstić information content (AvgIpc) is 2.56. The normalized spacial score (nSPS) is 17.1. The van der Waals surface area contributed by atoms with Gasteiger partial charge in [-0.1, -0.05) is 18.2 Å². The summed E-state index contributed by atoms with van der Waals surface area (Å²) >= 11 is 0. The number of allylic oxidation sites excluding steroid dienone is 2. The molecule has 0 aliphatic carbocycles. The number of hydrogen-bond donors (Lipinski definition) is 1. The number of para-hydroxylation sites is 1. The van der Waals surface area contributed by atoms with E-state index in [-0.39, 0.29) is 28.5 Å². The van der Waals surface area contributed by atoms with Gasteiger partial charge in [0, 0.05) is 5.56 Å². The minimum absolute atomic E-state index is 0.0543. The zero-order chi connectivity index (χ0) is 19.4. The van der Waals surface area contributed by atoms with E-state index in [0.29, 0.717) is 5.70 Å². The van der Waals surface area contributed by atoms with Gasteiger partial charge in [0.15, 0.2) is 0 Å². The number of ether oxygens (including phenoxy) is 3. The number of nitrogens with zero attached hydrogens (tertiary/aromatic N) is 1. The van der Waals surface area contributed by atoms with Crippen LogP contribution in [0.4, 0.5) is 13.6 Å². The van der Waals surface area contributed by atoms with Crippen LogP contribution in [-0.2, 0) is 9.47 Å². The van der Waals surface area contributed by atoms with Gasteiger partial charge in [-0.25, -0.2) is 4.79 Å². The summed E-state index contributed by atoms with van der Waals surface area (Å²) in [5, 5.41) is 14.4. The van der Waals surface area contributed by atoms with Crippen molar-refractivity contribution in [1.29, 1.82) is 0 Å². The zero-order valence-corrected chi connectivity index (χ0v) is 14.1. The Bertz CT molecular complexity index is 791. The molecule has 1 aliphatic heterocycles. The molecule has 1 aliphatic rings. The van der Waals surface area contributed by atoms with Gasteiger partial charge in [-0.15, -0.1) is 0 Å². The van der Waals surface area contributed by atoms with Gasteiger partial charge < -0.3 is 19.5 Å². The maximum absolute atomic E-state index is 12.7. The highest BCUT2D eigenvalue weighted by Crippen LogP contribution is 2.42. The summed E-state index contributed by atoms with van der Waals surface area (Å²) < 4.78 is 39.5. The summed E-state index contributed by atoms with van der Waals surface area (Å²) in [4.78, 5) is 22.5. The molecule has 0 fully saturated rings. The van der Waals surface area contributed by atoms with Crippen LogP contribution in [0.15, 0.2) is 47.1 Å². The van der Waals surface area contributed by atoms with Crippen LogP contribution in [0, 0.1) is 10.1 Å². The van der Waals surface area contributed by atoms with Gasteiger partial charge in [0.05, 0.1) is 23.4 Å². The Balaban J connectivity index is 2.66. The quantitative estimate of drug-likeness (QED) is 0.481. The monoisotopic (exact) mass is 370 g/mol. The van der Waals surface area contributed by atoms with Crippen molar-refractivity contribution in [3.8, 4) is 5.75 Å². The molecule has 8 nitrogen and oxygen atoms in total. The molecule has 0 bridgehead atoms. The van der Waals surface area contributed by atoms with E-state index in [4.69, 9.17) is 4.74 Å². The molecular formula is C16H16F2N2O6. The van der Waals surface area contributed by atoms with Crippen molar-refractivity contribution in [1.82, 2.24) is 5.32 Å². The molecule has 0 saturated carbocycles. The molecular weight excluding hydrogens is 354 g/mol. The second-order valence-electron chi connectivity index (χ2n) is 5.29. The fourth-order valence-corrected chi connectivity index (χ4v) is 2.68. The molecule has 0 saturated heterocycles. The van der Waals surface area contributed by atoms with Gasteiger partial charge in [-0.05, 0) is 19.9 Å². The number of carbonyl (C=O) groups excluding carboxylic acids is 1. The molecule has 140 valence electrons. The lowest BCUT2D eigenvalue weighted by molar-refractivity contribution is -0.431. The number of hydrogen-bond acceptors (Lipinski definition) is 7. The second kappa shape index (κ2) is 7.81. The van der Waals surface area contributed by atoms with Crippen LogP contribution in [0.1, 0.15) is 25.3 Å². The number of methoxy groups -OCH3 is 1. The molecule has 26 heavy (non-hydrogen) atoms. The average molecular weight is 370 g/mol. The molecule has 0 amide bonds. The van der Waals surface area contributed by atoms with Crippen LogP contribution in [0.25, 0.3) is 0 Å². The van der Waals surface area contributed by atoms with Crippen LogP contribution in [0.3, 0.4) is 0 Å². The van der Waals surface area contributed by atoms with Gasteiger partial charge in [-0.2, -0.15) is 8.78 Å². The third-order valence-electron chi connectivity index (χ3n) is 3.67. The lowest BCUT2D eigenvalue weighted by Gasteiger charge is -2.27. The summed E-state index contributed by atoms with van der Waals surface area (Å²) in [6.45, 7) is -0.139. The van der Waals surface area contributed by atoms with Crippen molar-refractivity contribution < 1.29 is 32.7 Å². The lowest BCUT2D eigenvalue weighted by atomic mass is 9.89. The van der Waals surface area contributed by atoms with Crippen molar-refractivity contribution in [3.63, 3.8) is 0 Å². The lowest BCUT2D eigenvalue weighted by Crippen LogP contribution is -2.30. The predicted octanol–water partition coefficient (Wildman–Crippen LogP) is 3.50. The first-order chi connectivity index (χ1) is 12.3. The van der Waals surface area contributed by atoms with Gasteiger partial charge in [0.25, 0.3) is 5.70 Å². The largest absolute Gasteiger partial charge is 0.513 e. The van der Waals surface area contributed by atoms with Gasteiger partial charge in [0.1, 0.15) is 17.4 Å². The van der Waals surface area contributed by atoms with E-state index in [1.807, 2.05) is 0 Å². The summed E-state index contributed by atoms with van der Waals surface area (Å²) in [5.74, 6) is -1.65. The molecule has 0 spiro atoms. The molecule has 0 radical (unpaired) electrons. The van der Waals surface area contributed by atoms with Crippen LogP contribution in [0.5, 0.6) is 5.75 Å². The van der Waals surface area contributed by atoms with E-state index in [1.54, 1.807) is 0 Å². The van der Waals surface area contributed by atoms with E-state index in [1.165, 1.54) is 38.1 Å². The molecule has 1 N–H and O–H groups in total. The SMILES string of the molecule is COC(=O)OC1=C(C)NC(C)=C([N+](=O)[O-])C1c1ccccc1OC(F)F. The molecule has 1 aromatic rings. The predicted molar refractivity (Wildman–Crippen MR) is 84.8 cm³/mol. The molecule has 1 atom stereocenters. The highest BCUT2D eigenvalue weighted by atomic mass is 19.3. The molecule has 2 rings (SSSR count). The Morgan fingerprint density at radius 1 is 1.27 bits per heavy atom. The standard InChI is InChI=1S/C16H16F2N2O6/c1-8-13(20(22)23)12(14(9(2)19-8)26-16(21)24-3)10-6-4-5-7-11(10)25-15(17)18/h4-7,12,15,19H,1-3H3. The van der Waals surface area contributed by atoms with Crippen molar-refractivity contribution in [2.24, 2.45) is 0 Å². The zero-order valence-electron chi connectivity index (χ0n) is 14.1. The summed E-state index contributed by atoms with van der Waals surface area (Å²) in [7, 11) is 1.08. The van der Waals surface area contributed by atoms with Crippen LogP contribution >= 0.6 is 0 Å². The van der Waals surface area contributed by atoms with E-state index >= 15 is 0 Å². The highest BCUT2D eigenvalue weighted by Gasteiger charge is 2.41. The van der Waals surface area contributed by atoms with E-state index in [2.05, 4.69) is 14.8 Å². The fourth-order valence-electron chi connectivity index (χ4n) is 2.68. The van der Waals surface area contributed by atoms with Crippen LogP contribution in [0.2, 0.25) is 0 Å². The Hall–Kier alpha value is -3.17. The third kappa shape index (κ3) is 3.90. The van der Waals surface area contributed by atoms with E-state index in [0.717, 1.165) is 7.11 Å². The molecule has 1 unspecified atom stereocenters. The second-order valence-corrected chi connectivity index (χ2v) is 5.29. The number of alkyl halides is 2. The minimum atomic E-state index is -3.13. The molecule has 10 heteroatoms. The number of carbonyl (C=O) groups is 1. The Labute approximate surface area is 147 Å². The molecule has 1 aromatic carbocycles. The fraction of sp³-hybridized carbons (Fsp3) is 0.312. The number of nitro groups is 1. The summed E-state index contributed by atoms with van der Waals surface area (Å²) in [6.07, 6.45) is -1.10. The van der Waals surface area contributed by atoms with Crippen LogP contribution in [-0.4, -0.2) is 24.8 Å². The topological polar surface area (TPSA) is 99.9 Å². The number of dihydropyridines is 1. The molecule has 1 heterocycles. The van der Waals surface area contributed by atoms with Gasteiger partial charge in [0.2, 0.25) is 0 Å². The smallest absolute Gasteiger partial charge is 0.437 e. The number of nitrogens with one attached hydrogen (secondary N) is 1. The maximum atomic E-state index is 12.7. The Kier molecular flexibility index (Phi) is 5.75. The molecule has 0 aromatic heterocycles. The first-order valence-corrected chi connectivity index (χ1v) is 7.38. The first-order valence-electron chi connectivity index (χ1n) is 7.38. The summed E-state index contributed by atoms with van der Waals surface area (Å²) in [6, 6.07) is 5.59. The van der Waals surface area contributed by atoms with Crippen molar-refractivity contribution in [2.75, 3.05) is 7.11 Å². The Morgan fingerprint density at radius 3 is 2.50 bits per heavy atom. The van der Waals surface area contributed by atoms with E-state index in [9.17, 15) is 23.7 Å². The van der Waals surface area contributed by atoms with Gasteiger partial charge in [-0.3, -0.25) is 10.1 Å².